The number of aromatic nitrogens is 2. The van der Waals surface area contributed by atoms with Crippen LogP contribution in [0.4, 0.5) is 10.5 Å². The molecular formula is C8H12N4O4. The summed E-state index contributed by atoms with van der Waals surface area (Å²) in [5.41, 5.74) is 0.432. The van der Waals surface area contributed by atoms with Crippen LogP contribution in [0, 0.1) is 0 Å². The molecule has 0 aromatic carbocycles. The molecule has 2 amide bonds. The van der Waals surface area contributed by atoms with Crippen LogP contribution in [0.25, 0.3) is 0 Å². The number of carbonyl (C=O) groups is 2. The molecule has 0 unspecified atom stereocenters. The van der Waals surface area contributed by atoms with Crippen LogP contribution in [0.3, 0.4) is 0 Å². The number of nitrogens with one attached hydrogen (secondary N) is 2. The fourth-order valence-corrected chi connectivity index (χ4v) is 0.997. The normalized spacial score (nSPS) is 11.9. The summed E-state index contributed by atoms with van der Waals surface area (Å²) in [5.74, 6) is -1.30. The molecule has 1 atom stereocenters. The van der Waals surface area contributed by atoms with E-state index in [0.29, 0.717) is 5.69 Å². The molecule has 1 aromatic rings. The van der Waals surface area contributed by atoms with Gasteiger partial charge in [0.05, 0.1) is 18.5 Å². The third kappa shape index (κ3) is 3.24. The third-order valence-electron chi connectivity index (χ3n) is 1.75. The quantitative estimate of drug-likeness (QED) is 0.526. The lowest BCUT2D eigenvalue weighted by Crippen LogP contribution is -2.45. The zero-order chi connectivity index (χ0) is 12.1. The van der Waals surface area contributed by atoms with E-state index in [4.69, 9.17) is 10.2 Å². The van der Waals surface area contributed by atoms with Crippen molar-refractivity contribution in [2.75, 3.05) is 11.9 Å². The van der Waals surface area contributed by atoms with Gasteiger partial charge in [0.1, 0.15) is 0 Å². The fraction of sp³-hybridized carbons (Fsp3) is 0.375. The Morgan fingerprint density at radius 1 is 1.62 bits per heavy atom. The molecule has 1 rings (SSSR count). The number of carbonyl (C=O) groups excluding carboxylic acids is 1. The van der Waals surface area contributed by atoms with Gasteiger partial charge in [-0.05, 0) is 0 Å². The minimum absolute atomic E-state index is 0.432. The first-order chi connectivity index (χ1) is 7.52. The summed E-state index contributed by atoms with van der Waals surface area (Å²) in [6, 6.07) is -2.04. The van der Waals surface area contributed by atoms with Crippen molar-refractivity contribution in [1.29, 1.82) is 0 Å². The number of aliphatic hydroxyl groups excluding tert-OH is 1. The van der Waals surface area contributed by atoms with Crippen molar-refractivity contribution in [2.45, 2.75) is 6.04 Å². The number of hydrogen-bond donors (Lipinski definition) is 4. The number of carboxylic acids is 1. The summed E-state index contributed by atoms with van der Waals surface area (Å²) in [7, 11) is 1.68. The largest absolute Gasteiger partial charge is 0.480 e. The SMILES string of the molecule is Cn1cc(NC(=O)N[C@@H](CO)C(=O)O)cn1. The molecule has 0 aliphatic carbocycles. The highest BCUT2D eigenvalue weighted by atomic mass is 16.4. The molecular weight excluding hydrogens is 216 g/mol. The van der Waals surface area contributed by atoms with Gasteiger partial charge >= 0.3 is 12.0 Å². The predicted molar refractivity (Wildman–Crippen MR) is 53.9 cm³/mol. The van der Waals surface area contributed by atoms with Gasteiger partial charge in [0, 0.05) is 13.2 Å². The molecule has 0 saturated heterocycles. The molecule has 0 saturated carbocycles. The van der Waals surface area contributed by atoms with Gasteiger partial charge in [0.2, 0.25) is 0 Å². The molecule has 4 N–H and O–H groups in total. The third-order valence-corrected chi connectivity index (χ3v) is 1.75. The van der Waals surface area contributed by atoms with Crippen molar-refractivity contribution in [3.8, 4) is 0 Å². The summed E-state index contributed by atoms with van der Waals surface area (Å²) in [6.45, 7) is -0.671. The number of anilines is 1. The van der Waals surface area contributed by atoms with Gasteiger partial charge < -0.3 is 20.8 Å². The lowest BCUT2D eigenvalue weighted by atomic mass is 10.3. The number of rotatable bonds is 4. The van der Waals surface area contributed by atoms with E-state index in [1.165, 1.54) is 10.9 Å². The summed E-state index contributed by atoms with van der Waals surface area (Å²) < 4.78 is 1.48. The van der Waals surface area contributed by atoms with Crippen molar-refractivity contribution < 1.29 is 19.8 Å². The van der Waals surface area contributed by atoms with Gasteiger partial charge in [-0.3, -0.25) is 4.68 Å². The van der Waals surface area contributed by atoms with Gasteiger partial charge in [-0.2, -0.15) is 5.10 Å². The summed E-state index contributed by atoms with van der Waals surface area (Å²) in [6.07, 6.45) is 2.96. The first-order valence-corrected chi connectivity index (χ1v) is 4.42. The van der Waals surface area contributed by atoms with Crippen molar-refractivity contribution in [3.05, 3.63) is 12.4 Å². The zero-order valence-electron chi connectivity index (χ0n) is 8.54. The molecule has 0 aliphatic heterocycles. The Hall–Kier alpha value is -2.09. The second-order valence-electron chi connectivity index (χ2n) is 3.07. The number of hydrogen-bond acceptors (Lipinski definition) is 4. The molecule has 0 fully saturated rings. The lowest BCUT2D eigenvalue weighted by molar-refractivity contribution is -0.140. The van der Waals surface area contributed by atoms with E-state index >= 15 is 0 Å². The molecule has 0 spiro atoms. The molecule has 0 radical (unpaired) electrons. The fourth-order valence-electron chi connectivity index (χ4n) is 0.997. The highest BCUT2D eigenvalue weighted by Gasteiger charge is 2.18. The van der Waals surface area contributed by atoms with E-state index in [0.717, 1.165) is 0 Å². The maximum absolute atomic E-state index is 11.3. The summed E-state index contributed by atoms with van der Waals surface area (Å²) >= 11 is 0. The molecule has 0 aliphatic rings. The standard InChI is InChI=1S/C8H12N4O4/c1-12-3-5(2-9-12)10-8(16)11-6(4-13)7(14)15/h2-3,6,13H,4H2,1H3,(H,14,15)(H2,10,11,16)/t6-/m0/s1. The van der Waals surface area contributed by atoms with Gasteiger partial charge in [0.25, 0.3) is 0 Å². The van der Waals surface area contributed by atoms with E-state index in [1.54, 1.807) is 13.2 Å². The second-order valence-corrected chi connectivity index (χ2v) is 3.07. The molecule has 1 aromatic heterocycles. The van der Waals surface area contributed by atoms with E-state index in [2.05, 4.69) is 15.7 Å². The van der Waals surface area contributed by atoms with Crippen LogP contribution in [0.15, 0.2) is 12.4 Å². The minimum atomic E-state index is -1.32. The highest BCUT2D eigenvalue weighted by molar-refractivity contribution is 5.92. The first kappa shape index (κ1) is 12.0. The average Bonchev–Trinajstić information content (AvgIpc) is 2.60. The molecule has 16 heavy (non-hydrogen) atoms. The highest BCUT2D eigenvalue weighted by Crippen LogP contribution is 2.02. The second kappa shape index (κ2) is 5.12. The molecule has 0 bridgehead atoms. The van der Waals surface area contributed by atoms with E-state index < -0.39 is 24.6 Å². The van der Waals surface area contributed by atoms with Gasteiger partial charge in [-0.1, -0.05) is 0 Å². The molecule has 88 valence electrons. The van der Waals surface area contributed by atoms with Gasteiger partial charge in [-0.25, -0.2) is 9.59 Å². The number of amides is 2. The number of aliphatic hydroxyl groups is 1. The predicted octanol–water partition coefficient (Wildman–Crippen LogP) is -1.01. The first-order valence-electron chi connectivity index (χ1n) is 4.42. The van der Waals surface area contributed by atoms with Crippen LogP contribution in [0.5, 0.6) is 0 Å². The van der Waals surface area contributed by atoms with E-state index in [1.807, 2.05) is 0 Å². The number of aryl methyl sites for hydroxylation is 1. The number of nitrogens with zero attached hydrogens (tertiary/aromatic N) is 2. The van der Waals surface area contributed by atoms with Crippen LogP contribution in [0.2, 0.25) is 0 Å². The lowest BCUT2D eigenvalue weighted by Gasteiger charge is -2.11. The average molecular weight is 228 g/mol. The van der Waals surface area contributed by atoms with Crippen LogP contribution >= 0.6 is 0 Å². The van der Waals surface area contributed by atoms with Gasteiger partial charge in [0.15, 0.2) is 6.04 Å². The summed E-state index contributed by atoms with van der Waals surface area (Å²) in [5, 5.41) is 25.5. The van der Waals surface area contributed by atoms with Crippen LogP contribution in [-0.4, -0.2) is 44.6 Å². The van der Waals surface area contributed by atoms with E-state index in [9.17, 15) is 9.59 Å². The zero-order valence-corrected chi connectivity index (χ0v) is 8.54. The molecule has 8 heteroatoms. The smallest absolute Gasteiger partial charge is 0.328 e. The van der Waals surface area contributed by atoms with E-state index in [-0.39, 0.29) is 0 Å². The van der Waals surface area contributed by atoms with Crippen molar-refractivity contribution in [1.82, 2.24) is 15.1 Å². The van der Waals surface area contributed by atoms with Crippen molar-refractivity contribution in [3.63, 3.8) is 0 Å². The Kier molecular flexibility index (Phi) is 3.84. The minimum Gasteiger partial charge on any atom is -0.480 e. The van der Waals surface area contributed by atoms with Crippen molar-refractivity contribution in [2.24, 2.45) is 7.05 Å². The number of urea groups is 1. The monoisotopic (exact) mass is 228 g/mol. The maximum atomic E-state index is 11.3. The Balaban J connectivity index is 2.50. The number of aliphatic carboxylic acids is 1. The van der Waals surface area contributed by atoms with Crippen LogP contribution < -0.4 is 10.6 Å². The Morgan fingerprint density at radius 3 is 2.75 bits per heavy atom. The van der Waals surface area contributed by atoms with Crippen LogP contribution in [-0.2, 0) is 11.8 Å². The van der Waals surface area contributed by atoms with Gasteiger partial charge in [-0.15, -0.1) is 0 Å². The van der Waals surface area contributed by atoms with Crippen LogP contribution in [0.1, 0.15) is 0 Å². The topological polar surface area (TPSA) is 116 Å². The maximum Gasteiger partial charge on any atom is 0.328 e. The molecule has 1 heterocycles. The Labute approximate surface area is 90.9 Å². The Bertz CT molecular complexity index is 389. The Morgan fingerprint density at radius 2 is 2.31 bits per heavy atom. The summed E-state index contributed by atoms with van der Waals surface area (Å²) in [4.78, 5) is 21.8. The van der Waals surface area contributed by atoms with Crippen molar-refractivity contribution >= 4 is 17.7 Å². The molecule has 8 nitrogen and oxygen atoms in total. The number of carboxylic acid groups (broad SMARTS) is 1.